The lowest BCUT2D eigenvalue weighted by Gasteiger charge is -2.09. The third kappa shape index (κ3) is 2.10. The molecule has 5 nitrogen and oxygen atoms in total. The van der Waals surface area contributed by atoms with E-state index in [0.717, 1.165) is 11.3 Å². The van der Waals surface area contributed by atoms with E-state index in [1.165, 1.54) is 0 Å². The Morgan fingerprint density at radius 1 is 1.10 bits per heavy atom. The van der Waals surface area contributed by atoms with Gasteiger partial charge in [-0.25, -0.2) is 0 Å². The van der Waals surface area contributed by atoms with Gasteiger partial charge in [0.05, 0.1) is 11.3 Å². The van der Waals surface area contributed by atoms with Gasteiger partial charge in [0.15, 0.2) is 5.82 Å². The number of H-pyrrole nitrogens is 2. The molecular formula is C14H12N4OS. The van der Waals surface area contributed by atoms with Crippen LogP contribution in [0, 0.1) is 4.77 Å². The highest BCUT2D eigenvalue weighted by molar-refractivity contribution is 7.71. The van der Waals surface area contributed by atoms with Crippen molar-refractivity contribution in [1.82, 2.24) is 19.7 Å². The molecule has 3 rings (SSSR count). The summed E-state index contributed by atoms with van der Waals surface area (Å²) in [5.41, 5.74) is 2.21. The fraction of sp³-hybridized carbons (Fsp3) is 0.0714. The Hall–Kier alpha value is -2.47. The standard InChI is InChI=1S/C14H12N4OS/c1-18-11(9-5-3-2-4-6-9)8-7-10(13(18)19)12-15-14(20)17-16-12/h2-8H,1H3,(H2,15,16,17,20). The Kier molecular flexibility index (Phi) is 3.08. The van der Waals surface area contributed by atoms with E-state index in [1.807, 2.05) is 36.4 Å². The lowest BCUT2D eigenvalue weighted by molar-refractivity contribution is 0.870. The molecule has 100 valence electrons. The number of aromatic amines is 2. The van der Waals surface area contributed by atoms with Gasteiger partial charge in [-0.15, -0.1) is 0 Å². The quantitative estimate of drug-likeness (QED) is 0.711. The van der Waals surface area contributed by atoms with E-state index in [1.54, 1.807) is 17.7 Å². The lowest BCUT2D eigenvalue weighted by Crippen LogP contribution is -2.20. The monoisotopic (exact) mass is 284 g/mol. The summed E-state index contributed by atoms with van der Waals surface area (Å²) in [5.74, 6) is 0.454. The average Bonchev–Trinajstić information content (AvgIpc) is 2.89. The zero-order valence-electron chi connectivity index (χ0n) is 10.8. The van der Waals surface area contributed by atoms with Crippen molar-refractivity contribution in [3.05, 3.63) is 57.6 Å². The molecule has 1 aromatic carbocycles. The van der Waals surface area contributed by atoms with E-state index in [4.69, 9.17) is 12.2 Å². The van der Waals surface area contributed by atoms with Crippen molar-refractivity contribution in [2.24, 2.45) is 7.05 Å². The van der Waals surface area contributed by atoms with Gasteiger partial charge in [0.2, 0.25) is 4.77 Å². The molecule has 0 bridgehead atoms. The van der Waals surface area contributed by atoms with Crippen LogP contribution in [0.5, 0.6) is 0 Å². The zero-order valence-corrected chi connectivity index (χ0v) is 11.6. The molecule has 0 aliphatic carbocycles. The summed E-state index contributed by atoms with van der Waals surface area (Å²) in [5, 5.41) is 5.49. The van der Waals surface area contributed by atoms with Gasteiger partial charge < -0.3 is 4.57 Å². The van der Waals surface area contributed by atoms with E-state index in [2.05, 4.69) is 15.2 Å². The highest BCUT2D eigenvalue weighted by Gasteiger charge is 2.11. The fourth-order valence-electron chi connectivity index (χ4n) is 2.11. The topological polar surface area (TPSA) is 66.5 Å². The molecule has 2 N–H and O–H groups in total. The van der Waals surface area contributed by atoms with Crippen LogP contribution in [0.2, 0.25) is 0 Å². The van der Waals surface area contributed by atoms with Crippen molar-refractivity contribution in [3.63, 3.8) is 0 Å². The molecule has 0 atom stereocenters. The van der Waals surface area contributed by atoms with Crippen LogP contribution in [0.25, 0.3) is 22.6 Å². The first-order valence-corrected chi connectivity index (χ1v) is 6.48. The maximum absolute atomic E-state index is 12.4. The number of pyridine rings is 1. The summed E-state index contributed by atoms with van der Waals surface area (Å²) in [6.45, 7) is 0. The first kappa shape index (κ1) is 12.6. The predicted octanol–water partition coefficient (Wildman–Crippen LogP) is 2.50. The molecule has 3 aromatic rings. The Bertz CT molecular complexity index is 861. The van der Waals surface area contributed by atoms with Crippen LogP contribution in [-0.2, 0) is 7.05 Å². The minimum atomic E-state index is -0.121. The van der Waals surface area contributed by atoms with E-state index in [0.29, 0.717) is 16.2 Å². The van der Waals surface area contributed by atoms with Crippen molar-refractivity contribution in [3.8, 4) is 22.6 Å². The number of aromatic nitrogens is 4. The summed E-state index contributed by atoms with van der Waals surface area (Å²) >= 11 is 4.90. The van der Waals surface area contributed by atoms with Crippen LogP contribution in [0.4, 0.5) is 0 Å². The number of rotatable bonds is 2. The van der Waals surface area contributed by atoms with Gasteiger partial charge in [-0.2, -0.15) is 4.98 Å². The molecule has 0 fully saturated rings. The van der Waals surface area contributed by atoms with E-state index < -0.39 is 0 Å². The van der Waals surface area contributed by atoms with Crippen LogP contribution in [0.15, 0.2) is 47.3 Å². The minimum absolute atomic E-state index is 0.121. The zero-order chi connectivity index (χ0) is 14.1. The maximum atomic E-state index is 12.4. The summed E-state index contributed by atoms with van der Waals surface area (Å²) in [6.07, 6.45) is 0. The van der Waals surface area contributed by atoms with Crippen molar-refractivity contribution in [1.29, 1.82) is 0 Å². The third-order valence-corrected chi connectivity index (χ3v) is 3.32. The normalized spacial score (nSPS) is 10.7. The lowest BCUT2D eigenvalue weighted by atomic mass is 10.1. The van der Waals surface area contributed by atoms with E-state index in [-0.39, 0.29) is 5.56 Å². The van der Waals surface area contributed by atoms with Gasteiger partial charge in [-0.1, -0.05) is 30.3 Å². The van der Waals surface area contributed by atoms with Crippen molar-refractivity contribution in [2.75, 3.05) is 0 Å². The molecule has 0 aliphatic heterocycles. The van der Waals surface area contributed by atoms with Crippen LogP contribution >= 0.6 is 12.2 Å². The summed E-state index contributed by atoms with van der Waals surface area (Å²) in [6, 6.07) is 13.4. The number of nitrogens with one attached hydrogen (secondary N) is 2. The second-order valence-corrected chi connectivity index (χ2v) is 4.76. The van der Waals surface area contributed by atoms with Gasteiger partial charge in [-0.05, 0) is 29.9 Å². The first-order valence-electron chi connectivity index (χ1n) is 6.07. The molecule has 0 aliphatic rings. The molecule has 0 saturated heterocycles. The average molecular weight is 284 g/mol. The van der Waals surface area contributed by atoms with Crippen LogP contribution < -0.4 is 5.56 Å². The molecule has 0 spiro atoms. The maximum Gasteiger partial charge on any atom is 0.261 e. The number of nitrogens with zero attached hydrogens (tertiary/aromatic N) is 2. The predicted molar refractivity (Wildman–Crippen MR) is 79.9 cm³/mol. The number of hydrogen-bond acceptors (Lipinski definition) is 3. The van der Waals surface area contributed by atoms with Gasteiger partial charge in [0, 0.05) is 7.05 Å². The van der Waals surface area contributed by atoms with Crippen molar-refractivity contribution < 1.29 is 0 Å². The largest absolute Gasteiger partial charge is 0.311 e. The summed E-state index contributed by atoms with van der Waals surface area (Å²) < 4.78 is 1.94. The SMILES string of the molecule is Cn1c(-c2ccccc2)ccc(-c2nc(=S)[nH][nH]2)c1=O. The van der Waals surface area contributed by atoms with Gasteiger partial charge in [-0.3, -0.25) is 15.0 Å². The van der Waals surface area contributed by atoms with Gasteiger partial charge in [0.1, 0.15) is 0 Å². The van der Waals surface area contributed by atoms with Crippen molar-refractivity contribution in [2.45, 2.75) is 0 Å². The van der Waals surface area contributed by atoms with Crippen LogP contribution in [0.3, 0.4) is 0 Å². The minimum Gasteiger partial charge on any atom is -0.311 e. The fourth-order valence-corrected chi connectivity index (χ4v) is 2.25. The third-order valence-electron chi connectivity index (χ3n) is 3.13. The van der Waals surface area contributed by atoms with E-state index in [9.17, 15) is 4.79 Å². The van der Waals surface area contributed by atoms with Crippen LogP contribution in [0.1, 0.15) is 0 Å². The van der Waals surface area contributed by atoms with E-state index >= 15 is 0 Å². The molecule has 0 radical (unpaired) electrons. The molecule has 0 amide bonds. The van der Waals surface area contributed by atoms with Crippen molar-refractivity contribution >= 4 is 12.2 Å². The number of benzene rings is 1. The van der Waals surface area contributed by atoms with Gasteiger partial charge in [0.25, 0.3) is 5.56 Å². The Labute approximate surface area is 119 Å². The Balaban J connectivity index is 2.18. The molecule has 2 heterocycles. The highest BCUT2D eigenvalue weighted by Crippen LogP contribution is 2.19. The van der Waals surface area contributed by atoms with Gasteiger partial charge >= 0.3 is 0 Å². The molecule has 0 saturated carbocycles. The summed E-state index contributed by atoms with van der Waals surface area (Å²) in [4.78, 5) is 16.5. The van der Waals surface area contributed by atoms with Crippen LogP contribution in [-0.4, -0.2) is 19.7 Å². The molecule has 2 aromatic heterocycles. The Morgan fingerprint density at radius 3 is 2.50 bits per heavy atom. The summed E-state index contributed by atoms with van der Waals surface area (Å²) in [7, 11) is 1.75. The Morgan fingerprint density at radius 2 is 1.85 bits per heavy atom. The first-order chi connectivity index (χ1) is 9.66. The number of hydrogen-bond donors (Lipinski definition) is 2. The second kappa shape index (κ2) is 4.90. The molecule has 0 unspecified atom stereocenters. The molecule has 6 heteroatoms. The molecular weight excluding hydrogens is 272 g/mol. The highest BCUT2D eigenvalue weighted by atomic mass is 32.1. The molecule has 20 heavy (non-hydrogen) atoms. The second-order valence-electron chi connectivity index (χ2n) is 4.38. The smallest absolute Gasteiger partial charge is 0.261 e.